The van der Waals surface area contributed by atoms with Crippen molar-refractivity contribution in [2.75, 3.05) is 13.1 Å². The van der Waals surface area contributed by atoms with Crippen LogP contribution in [-0.4, -0.2) is 35.7 Å². The zero-order valence-electron chi connectivity index (χ0n) is 13.0. The summed E-state index contributed by atoms with van der Waals surface area (Å²) >= 11 is 6.19. The maximum Gasteiger partial charge on any atom is 0.410 e. The molecular weight excluding hydrogens is 288 g/mol. The van der Waals surface area contributed by atoms with E-state index in [0.717, 1.165) is 10.6 Å². The number of hydrogen-bond acceptors (Lipinski definition) is 3. The van der Waals surface area contributed by atoms with E-state index in [1.165, 1.54) is 0 Å². The molecule has 21 heavy (non-hydrogen) atoms. The third-order valence-corrected chi connectivity index (χ3v) is 3.73. The third-order valence-electron chi connectivity index (χ3n) is 3.39. The summed E-state index contributed by atoms with van der Waals surface area (Å²) < 4.78 is 5.34. The molecule has 0 radical (unpaired) electrons. The summed E-state index contributed by atoms with van der Waals surface area (Å²) in [6.45, 7) is 9.05. The predicted molar refractivity (Wildman–Crippen MR) is 84.6 cm³/mol. The van der Waals surface area contributed by atoms with Gasteiger partial charge in [-0.3, -0.25) is 0 Å². The van der Waals surface area contributed by atoms with Gasteiger partial charge >= 0.3 is 6.09 Å². The highest BCUT2D eigenvalue weighted by molar-refractivity contribution is 6.31. The minimum Gasteiger partial charge on any atom is -0.444 e. The zero-order valence-corrected chi connectivity index (χ0v) is 13.8. The number of nitrogens with zero attached hydrogens (tertiary/aromatic N) is 1. The number of nitrogens with one attached hydrogen (secondary N) is 1. The van der Waals surface area contributed by atoms with Gasteiger partial charge in [0, 0.05) is 30.2 Å². The van der Waals surface area contributed by atoms with E-state index in [1.54, 1.807) is 4.90 Å². The van der Waals surface area contributed by atoms with E-state index in [2.05, 4.69) is 12.2 Å². The summed E-state index contributed by atoms with van der Waals surface area (Å²) in [5.74, 6) is 0. The molecule has 1 amide bonds. The first-order valence-corrected chi connectivity index (χ1v) is 7.62. The van der Waals surface area contributed by atoms with Crippen molar-refractivity contribution in [1.29, 1.82) is 0 Å². The number of benzene rings is 1. The average Bonchev–Trinajstić information content (AvgIpc) is 2.31. The Kier molecular flexibility index (Phi) is 4.79. The quantitative estimate of drug-likeness (QED) is 0.927. The highest BCUT2D eigenvalue weighted by Crippen LogP contribution is 2.24. The van der Waals surface area contributed by atoms with Crippen molar-refractivity contribution in [1.82, 2.24) is 10.2 Å². The van der Waals surface area contributed by atoms with Crippen LogP contribution in [-0.2, 0) is 4.74 Å². The lowest BCUT2D eigenvalue weighted by atomic mass is 10.0. The van der Waals surface area contributed by atoms with E-state index in [9.17, 15) is 4.79 Å². The minimum atomic E-state index is -0.444. The summed E-state index contributed by atoms with van der Waals surface area (Å²) in [4.78, 5) is 13.6. The Morgan fingerprint density at radius 1 is 1.38 bits per heavy atom. The molecule has 1 N–H and O–H groups in total. The SMILES string of the molecule is C[C@@H](NC1CN(C(=O)OC(C)(C)C)C1)c1ccccc1Cl. The second kappa shape index (κ2) is 6.24. The topological polar surface area (TPSA) is 41.6 Å². The maximum absolute atomic E-state index is 11.9. The van der Waals surface area contributed by atoms with Crippen molar-refractivity contribution in [3.8, 4) is 0 Å². The van der Waals surface area contributed by atoms with Crippen LogP contribution in [0, 0.1) is 0 Å². The highest BCUT2D eigenvalue weighted by Gasteiger charge is 2.34. The van der Waals surface area contributed by atoms with Crippen LogP contribution < -0.4 is 5.32 Å². The number of amides is 1. The second-order valence-electron chi connectivity index (χ2n) is 6.49. The molecule has 1 atom stereocenters. The van der Waals surface area contributed by atoms with Crippen LogP contribution >= 0.6 is 11.6 Å². The van der Waals surface area contributed by atoms with E-state index >= 15 is 0 Å². The van der Waals surface area contributed by atoms with Crippen molar-refractivity contribution >= 4 is 17.7 Å². The van der Waals surface area contributed by atoms with Crippen LogP contribution in [0.3, 0.4) is 0 Å². The van der Waals surface area contributed by atoms with Gasteiger partial charge in [0.05, 0.1) is 0 Å². The number of ether oxygens (including phenoxy) is 1. The van der Waals surface area contributed by atoms with Gasteiger partial charge in [-0.15, -0.1) is 0 Å². The summed E-state index contributed by atoms with van der Waals surface area (Å²) in [5.41, 5.74) is 0.635. The molecule has 0 saturated carbocycles. The van der Waals surface area contributed by atoms with Gasteiger partial charge < -0.3 is 15.0 Å². The lowest BCUT2D eigenvalue weighted by molar-refractivity contribution is 0.00434. The molecule has 1 saturated heterocycles. The molecule has 0 spiro atoms. The van der Waals surface area contributed by atoms with E-state index in [-0.39, 0.29) is 18.2 Å². The van der Waals surface area contributed by atoms with Gasteiger partial charge in [-0.05, 0) is 39.3 Å². The van der Waals surface area contributed by atoms with Crippen molar-refractivity contribution in [2.45, 2.75) is 45.4 Å². The van der Waals surface area contributed by atoms with E-state index in [1.807, 2.05) is 45.0 Å². The molecule has 1 heterocycles. The molecule has 0 aliphatic carbocycles. The van der Waals surface area contributed by atoms with Gasteiger partial charge in [-0.25, -0.2) is 4.79 Å². The average molecular weight is 311 g/mol. The van der Waals surface area contributed by atoms with Crippen molar-refractivity contribution in [2.24, 2.45) is 0 Å². The molecule has 1 fully saturated rings. The molecule has 0 aromatic heterocycles. The molecule has 1 aromatic rings. The van der Waals surface area contributed by atoms with Crippen LogP contribution in [0.2, 0.25) is 5.02 Å². The molecule has 116 valence electrons. The Hall–Kier alpha value is -1.26. The Balaban J connectivity index is 1.81. The van der Waals surface area contributed by atoms with E-state index in [4.69, 9.17) is 16.3 Å². The van der Waals surface area contributed by atoms with Crippen LogP contribution in [0.25, 0.3) is 0 Å². The second-order valence-corrected chi connectivity index (χ2v) is 6.90. The van der Waals surface area contributed by atoms with E-state index in [0.29, 0.717) is 13.1 Å². The lowest BCUT2D eigenvalue weighted by Gasteiger charge is -2.41. The Bertz CT molecular complexity index is 507. The van der Waals surface area contributed by atoms with Gasteiger partial charge in [-0.1, -0.05) is 29.8 Å². The van der Waals surface area contributed by atoms with E-state index < -0.39 is 5.60 Å². The van der Waals surface area contributed by atoms with Gasteiger partial charge in [0.2, 0.25) is 0 Å². The monoisotopic (exact) mass is 310 g/mol. The van der Waals surface area contributed by atoms with Gasteiger partial charge in [0.25, 0.3) is 0 Å². The molecule has 2 rings (SSSR count). The molecular formula is C16H23ClN2O2. The van der Waals surface area contributed by atoms with Crippen LogP contribution in [0.5, 0.6) is 0 Å². The number of likely N-dealkylation sites (tertiary alicyclic amines) is 1. The normalized spacial score (nSPS) is 17.3. The molecule has 0 bridgehead atoms. The lowest BCUT2D eigenvalue weighted by Crippen LogP contribution is -2.60. The number of carbonyl (C=O) groups excluding carboxylic acids is 1. The Labute approximate surface area is 131 Å². The fourth-order valence-electron chi connectivity index (χ4n) is 2.33. The molecule has 4 nitrogen and oxygen atoms in total. The first kappa shape index (κ1) is 16.1. The third kappa shape index (κ3) is 4.35. The highest BCUT2D eigenvalue weighted by atomic mass is 35.5. The first-order chi connectivity index (χ1) is 9.76. The van der Waals surface area contributed by atoms with Gasteiger partial charge in [0.1, 0.15) is 5.60 Å². The predicted octanol–water partition coefficient (Wildman–Crippen LogP) is 3.61. The van der Waals surface area contributed by atoms with Crippen LogP contribution in [0.15, 0.2) is 24.3 Å². The first-order valence-electron chi connectivity index (χ1n) is 7.24. The summed E-state index contributed by atoms with van der Waals surface area (Å²) in [7, 11) is 0. The van der Waals surface area contributed by atoms with Gasteiger partial charge in [0.15, 0.2) is 0 Å². The molecule has 1 aromatic carbocycles. The summed E-state index contributed by atoms with van der Waals surface area (Å²) in [6, 6.07) is 8.25. The smallest absolute Gasteiger partial charge is 0.410 e. The van der Waals surface area contributed by atoms with Crippen molar-refractivity contribution in [3.05, 3.63) is 34.9 Å². The number of carbonyl (C=O) groups is 1. The maximum atomic E-state index is 11.9. The summed E-state index contributed by atoms with van der Waals surface area (Å²) in [5, 5.41) is 4.25. The van der Waals surface area contributed by atoms with Gasteiger partial charge in [-0.2, -0.15) is 0 Å². The Morgan fingerprint density at radius 3 is 2.57 bits per heavy atom. The van der Waals surface area contributed by atoms with Crippen molar-refractivity contribution < 1.29 is 9.53 Å². The van der Waals surface area contributed by atoms with Crippen molar-refractivity contribution in [3.63, 3.8) is 0 Å². The van der Waals surface area contributed by atoms with Crippen LogP contribution in [0.1, 0.15) is 39.3 Å². The molecule has 1 aliphatic rings. The Morgan fingerprint density at radius 2 is 2.00 bits per heavy atom. The molecule has 5 heteroatoms. The fraction of sp³-hybridized carbons (Fsp3) is 0.562. The fourth-order valence-corrected chi connectivity index (χ4v) is 2.63. The van der Waals surface area contributed by atoms with Crippen LogP contribution in [0.4, 0.5) is 4.79 Å². The standard InChI is InChI=1S/C16H23ClN2O2/c1-11(13-7-5-6-8-14(13)17)18-12-9-19(10-12)15(20)21-16(2,3)4/h5-8,11-12,18H,9-10H2,1-4H3/t11-/m1/s1. The number of hydrogen-bond donors (Lipinski definition) is 1. The summed E-state index contributed by atoms with van der Waals surface area (Å²) in [6.07, 6.45) is -0.244. The zero-order chi connectivity index (χ0) is 15.6. The largest absolute Gasteiger partial charge is 0.444 e. The molecule has 1 aliphatic heterocycles. The minimum absolute atomic E-state index is 0.157. The molecule has 0 unspecified atom stereocenters. The number of halogens is 1. The number of rotatable bonds is 3.